The molecule has 0 aromatic heterocycles. The van der Waals surface area contributed by atoms with E-state index in [2.05, 4.69) is 5.32 Å². The molecule has 2 aromatic carbocycles. The number of ether oxygens (including phenoxy) is 1. The highest BCUT2D eigenvalue weighted by molar-refractivity contribution is 5.87. The number of nitrogens with zero attached hydrogens (tertiary/aromatic N) is 1. The largest absolute Gasteiger partial charge is 0.506 e. The first-order valence-corrected chi connectivity index (χ1v) is 8.18. The summed E-state index contributed by atoms with van der Waals surface area (Å²) in [5, 5.41) is 22.8. The fraction of sp³-hybridized carbons (Fsp3) is 0.316. The second-order valence-corrected chi connectivity index (χ2v) is 5.82. The van der Waals surface area contributed by atoms with E-state index in [0.29, 0.717) is 24.3 Å². The third-order valence-corrected chi connectivity index (χ3v) is 4.11. The zero-order valence-electron chi connectivity index (χ0n) is 14.7. The van der Waals surface area contributed by atoms with Crippen LogP contribution in [0.3, 0.4) is 0 Å². The summed E-state index contributed by atoms with van der Waals surface area (Å²) >= 11 is 0. The van der Waals surface area contributed by atoms with Crippen molar-refractivity contribution in [3.05, 3.63) is 48.0 Å². The summed E-state index contributed by atoms with van der Waals surface area (Å²) in [6, 6.07) is 12.3. The summed E-state index contributed by atoms with van der Waals surface area (Å²) in [7, 11) is 1.61. The average Bonchev–Trinajstić information content (AvgIpc) is 2.60. The SMILES string of the molecule is CC[C@H](C)N(C(=O)O)c1ccc(NCc2cccc(OC)c2)c(O)c1. The van der Waals surface area contributed by atoms with Crippen LogP contribution in [0.15, 0.2) is 42.5 Å². The van der Waals surface area contributed by atoms with Gasteiger partial charge < -0.3 is 20.3 Å². The average molecular weight is 344 g/mol. The van der Waals surface area contributed by atoms with Crippen molar-refractivity contribution >= 4 is 17.5 Å². The summed E-state index contributed by atoms with van der Waals surface area (Å²) in [5.74, 6) is 0.777. The minimum absolute atomic E-state index is 0.00921. The topological polar surface area (TPSA) is 82.0 Å². The fourth-order valence-electron chi connectivity index (χ4n) is 2.54. The van der Waals surface area contributed by atoms with E-state index >= 15 is 0 Å². The Morgan fingerprint density at radius 1 is 1.28 bits per heavy atom. The maximum absolute atomic E-state index is 11.5. The van der Waals surface area contributed by atoms with E-state index in [0.717, 1.165) is 11.3 Å². The van der Waals surface area contributed by atoms with E-state index in [4.69, 9.17) is 4.74 Å². The molecule has 0 saturated heterocycles. The summed E-state index contributed by atoms with van der Waals surface area (Å²) in [5.41, 5.74) is 2.00. The molecule has 2 rings (SSSR count). The molecule has 3 N–H and O–H groups in total. The van der Waals surface area contributed by atoms with E-state index < -0.39 is 6.09 Å². The van der Waals surface area contributed by atoms with E-state index in [9.17, 15) is 15.0 Å². The van der Waals surface area contributed by atoms with E-state index in [1.807, 2.05) is 38.1 Å². The fourth-order valence-corrected chi connectivity index (χ4v) is 2.54. The Bertz CT molecular complexity index is 733. The van der Waals surface area contributed by atoms with Crippen molar-refractivity contribution in [3.8, 4) is 11.5 Å². The number of aromatic hydroxyl groups is 1. The highest BCUT2D eigenvalue weighted by atomic mass is 16.5. The molecule has 0 heterocycles. The van der Waals surface area contributed by atoms with E-state index in [-0.39, 0.29) is 11.8 Å². The predicted molar refractivity (Wildman–Crippen MR) is 98.7 cm³/mol. The van der Waals surface area contributed by atoms with Crippen LogP contribution in [0.2, 0.25) is 0 Å². The number of carboxylic acid groups (broad SMARTS) is 1. The number of anilines is 2. The van der Waals surface area contributed by atoms with Gasteiger partial charge in [0.2, 0.25) is 0 Å². The summed E-state index contributed by atoms with van der Waals surface area (Å²) in [6.07, 6.45) is -0.353. The van der Waals surface area contributed by atoms with Gasteiger partial charge in [-0.15, -0.1) is 0 Å². The quantitative estimate of drug-likeness (QED) is 0.653. The number of nitrogens with one attached hydrogen (secondary N) is 1. The summed E-state index contributed by atoms with van der Waals surface area (Å²) < 4.78 is 5.19. The molecule has 0 saturated carbocycles. The number of hydrogen-bond acceptors (Lipinski definition) is 4. The Labute approximate surface area is 147 Å². The Hall–Kier alpha value is -2.89. The molecule has 0 fully saturated rings. The summed E-state index contributed by atoms with van der Waals surface area (Å²) in [4.78, 5) is 12.7. The standard InChI is InChI=1S/C19H24N2O4/c1-4-13(2)21(19(23)24)15-8-9-17(18(22)11-15)20-12-14-6-5-7-16(10-14)25-3/h5-11,13,20,22H,4,12H2,1-3H3,(H,23,24)/t13-/m0/s1. The molecule has 134 valence electrons. The minimum atomic E-state index is -1.04. The maximum atomic E-state index is 11.5. The van der Waals surface area contributed by atoms with Gasteiger partial charge in [0.05, 0.1) is 18.5 Å². The first kappa shape index (κ1) is 18.4. The van der Waals surface area contributed by atoms with Crippen LogP contribution in [-0.2, 0) is 6.54 Å². The highest BCUT2D eigenvalue weighted by Gasteiger charge is 2.20. The Morgan fingerprint density at radius 2 is 2.04 bits per heavy atom. The van der Waals surface area contributed by atoms with Gasteiger partial charge in [-0.1, -0.05) is 19.1 Å². The molecule has 0 aliphatic carbocycles. The second kappa shape index (κ2) is 8.28. The first-order chi connectivity index (χ1) is 12.0. The molecule has 0 aliphatic heterocycles. The van der Waals surface area contributed by atoms with Crippen LogP contribution in [-0.4, -0.2) is 29.5 Å². The van der Waals surface area contributed by atoms with Gasteiger partial charge in [-0.2, -0.15) is 0 Å². The molecule has 0 spiro atoms. The van der Waals surface area contributed by atoms with Gasteiger partial charge in [0.1, 0.15) is 11.5 Å². The van der Waals surface area contributed by atoms with Gasteiger partial charge in [0.15, 0.2) is 0 Å². The van der Waals surface area contributed by atoms with Gasteiger partial charge in [0.25, 0.3) is 0 Å². The molecule has 25 heavy (non-hydrogen) atoms. The van der Waals surface area contributed by atoms with Gasteiger partial charge in [-0.25, -0.2) is 4.79 Å². The zero-order valence-corrected chi connectivity index (χ0v) is 14.7. The highest BCUT2D eigenvalue weighted by Crippen LogP contribution is 2.30. The van der Waals surface area contributed by atoms with Crippen molar-refractivity contribution in [2.75, 3.05) is 17.3 Å². The van der Waals surface area contributed by atoms with Crippen LogP contribution in [0.4, 0.5) is 16.2 Å². The number of hydrogen-bond donors (Lipinski definition) is 3. The van der Waals surface area contributed by atoms with Crippen LogP contribution in [0, 0.1) is 0 Å². The number of phenols is 1. The third kappa shape index (κ3) is 4.56. The second-order valence-electron chi connectivity index (χ2n) is 5.82. The molecular weight excluding hydrogens is 320 g/mol. The number of phenolic OH excluding ortho intramolecular Hbond substituents is 1. The number of carbonyl (C=O) groups is 1. The monoisotopic (exact) mass is 344 g/mol. The molecule has 1 atom stereocenters. The van der Waals surface area contributed by atoms with E-state index in [1.54, 1.807) is 19.2 Å². The van der Waals surface area contributed by atoms with Gasteiger partial charge in [-0.05, 0) is 43.2 Å². The maximum Gasteiger partial charge on any atom is 0.412 e. The van der Waals surface area contributed by atoms with Crippen molar-refractivity contribution in [1.82, 2.24) is 0 Å². The zero-order chi connectivity index (χ0) is 18.4. The Kier molecular flexibility index (Phi) is 6.11. The van der Waals surface area contributed by atoms with Crippen LogP contribution in [0.25, 0.3) is 0 Å². The third-order valence-electron chi connectivity index (χ3n) is 4.11. The van der Waals surface area contributed by atoms with Gasteiger partial charge >= 0.3 is 6.09 Å². The van der Waals surface area contributed by atoms with Crippen LogP contribution < -0.4 is 15.0 Å². The van der Waals surface area contributed by atoms with E-state index in [1.165, 1.54) is 11.0 Å². The summed E-state index contributed by atoms with van der Waals surface area (Å²) in [6.45, 7) is 4.27. The van der Waals surface area contributed by atoms with Crippen molar-refractivity contribution in [2.45, 2.75) is 32.9 Å². The number of methoxy groups -OCH3 is 1. The van der Waals surface area contributed by atoms with Crippen molar-refractivity contribution in [3.63, 3.8) is 0 Å². The molecular formula is C19H24N2O4. The smallest absolute Gasteiger partial charge is 0.412 e. The molecule has 0 aliphatic rings. The first-order valence-electron chi connectivity index (χ1n) is 8.18. The number of benzene rings is 2. The molecule has 0 radical (unpaired) electrons. The lowest BCUT2D eigenvalue weighted by Crippen LogP contribution is -2.37. The van der Waals surface area contributed by atoms with Crippen LogP contribution in [0.5, 0.6) is 11.5 Å². The molecule has 0 bridgehead atoms. The van der Waals surface area contributed by atoms with Crippen molar-refractivity contribution in [2.24, 2.45) is 0 Å². The number of amides is 1. The Morgan fingerprint density at radius 3 is 2.64 bits per heavy atom. The lowest BCUT2D eigenvalue weighted by molar-refractivity contribution is 0.199. The van der Waals surface area contributed by atoms with Crippen LogP contribution >= 0.6 is 0 Å². The molecule has 0 unspecified atom stereocenters. The predicted octanol–water partition coefficient (Wildman–Crippen LogP) is 4.30. The Balaban J connectivity index is 2.14. The van der Waals surface area contributed by atoms with Gasteiger partial charge in [0, 0.05) is 18.7 Å². The van der Waals surface area contributed by atoms with Gasteiger partial charge in [-0.3, -0.25) is 4.90 Å². The molecule has 1 amide bonds. The van der Waals surface area contributed by atoms with Crippen LogP contribution in [0.1, 0.15) is 25.8 Å². The number of rotatable bonds is 7. The van der Waals surface area contributed by atoms with Crippen molar-refractivity contribution < 1.29 is 19.7 Å². The molecule has 6 nitrogen and oxygen atoms in total. The van der Waals surface area contributed by atoms with Crippen molar-refractivity contribution in [1.29, 1.82) is 0 Å². The molecule has 6 heteroatoms. The normalized spacial score (nSPS) is 11.6. The minimum Gasteiger partial charge on any atom is -0.506 e. The lowest BCUT2D eigenvalue weighted by atomic mass is 10.1. The molecule has 2 aromatic rings. The lowest BCUT2D eigenvalue weighted by Gasteiger charge is -2.26.